The van der Waals surface area contributed by atoms with E-state index in [0.29, 0.717) is 58.7 Å². The number of Topliss-reactive ketones (excluding diaryl/α,β-unsaturated/α-hetero) is 1. The topological polar surface area (TPSA) is 87.0 Å². The minimum atomic E-state index is -0.514. The van der Waals surface area contributed by atoms with Gasteiger partial charge in [0.15, 0.2) is 23.0 Å². The number of ether oxygens (including phenoxy) is 3. The van der Waals surface area contributed by atoms with Crippen molar-refractivity contribution in [3.63, 3.8) is 0 Å². The van der Waals surface area contributed by atoms with Crippen LogP contribution in [0.4, 0.5) is 0 Å². The molecule has 1 N–H and O–H groups in total. The zero-order valence-corrected chi connectivity index (χ0v) is 19.7. The molecule has 0 unspecified atom stereocenters. The van der Waals surface area contributed by atoms with Crippen molar-refractivity contribution in [3.8, 4) is 17.2 Å². The molecule has 0 bridgehead atoms. The van der Waals surface area contributed by atoms with Gasteiger partial charge in [0.2, 0.25) is 0 Å². The third-order valence-corrected chi connectivity index (χ3v) is 6.33. The molecule has 1 aliphatic heterocycles. The molecule has 2 heterocycles. The summed E-state index contributed by atoms with van der Waals surface area (Å²) >= 11 is 0. The Hall–Kier alpha value is -3.48. The standard InChI is InChI=1S/C26H29NO6/c1-6-26(3)14-17(28)23-20(33-26)10-9-19-22(23)15(2)24(32-19)25(29)27-12-11-16-7-8-18(30-4)21(13-16)31-5/h7-10,13H,6,11-12,14H2,1-5H3,(H,27,29)/t26-/m1/s1. The van der Waals surface area contributed by atoms with E-state index in [1.807, 2.05) is 32.0 Å². The van der Waals surface area contributed by atoms with Gasteiger partial charge in [0.05, 0.1) is 26.2 Å². The van der Waals surface area contributed by atoms with E-state index in [1.54, 1.807) is 33.3 Å². The van der Waals surface area contributed by atoms with E-state index < -0.39 is 5.60 Å². The van der Waals surface area contributed by atoms with Crippen molar-refractivity contribution in [1.82, 2.24) is 5.32 Å². The Morgan fingerprint density at radius 2 is 1.91 bits per heavy atom. The third kappa shape index (κ3) is 4.15. The second-order valence-electron chi connectivity index (χ2n) is 8.57. The summed E-state index contributed by atoms with van der Waals surface area (Å²) in [7, 11) is 3.18. The normalized spacial score (nSPS) is 17.4. The fraction of sp³-hybridized carbons (Fsp3) is 0.385. The van der Waals surface area contributed by atoms with Crippen LogP contribution in [0.3, 0.4) is 0 Å². The van der Waals surface area contributed by atoms with Gasteiger partial charge in [-0.25, -0.2) is 0 Å². The number of hydrogen-bond acceptors (Lipinski definition) is 6. The molecule has 1 aliphatic rings. The number of ketones is 1. The first-order valence-electron chi connectivity index (χ1n) is 11.1. The van der Waals surface area contributed by atoms with Gasteiger partial charge in [-0.3, -0.25) is 9.59 Å². The second kappa shape index (κ2) is 8.81. The zero-order valence-electron chi connectivity index (χ0n) is 19.7. The van der Waals surface area contributed by atoms with Crippen LogP contribution < -0.4 is 19.5 Å². The summed E-state index contributed by atoms with van der Waals surface area (Å²) in [4.78, 5) is 25.9. The predicted octanol–water partition coefficient (Wildman–Crippen LogP) is 4.86. The van der Waals surface area contributed by atoms with E-state index in [9.17, 15) is 9.59 Å². The number of aryl methyl sites for hydroxylation is 1. The summed E-state index contributed by atoms with van der Waals surface area (Å²) in [6, 6.07) is 9.17. The summed E-state index contributed by atoms with van der Waals surface area (Å²) in [6.45, 7) is 6.16. The lowest BCUT2D eigenvalue weighted by Gasteiger charge is -2.34. The molecule has 174 valence electrons. The number of furan rings is 1. The molecule has 4 rings (SSSR count). The van der Waals surface area contributed by atoms with E-state index in [4.69, 9.17) is 18.6 Å². The smallest absolute Gasteiger partial charge is 0.287 e. The maximum atomic E-state index is 13.0. The first-order valence-corrected chi connectivity index (χ1v) is 11.1. The number of methoxy groups -OCH3 is 2. The first-order chi connectivity index (χ1) is 15.8. The van der Waals surface area contributed by atoms with Gasteiger partial charge in [0.1, 0.15) is 16.9 Å². The van der Waals surface area contributed by atoms with Crippen LogP contribution in [0.15, 0.2) is 34.7 Å². The fourth-order valence-corrected chi connectivity index (χ4v) is 4.26. The molecule has 0 saturated carbocycles. The SMILES string of the molecule is CC[C@]1(C)CC(=O)c2c(ccc3oc(C(=O)NCCc4ccc(OC)c(OC)c4)c(C)c23)O1. The number of fused-ring (bicyclic) bond motifs is 3. The maximum Gasteiger partial charge on any atom is 0.287 e. The van der Waals surface area contributed by atoms with E-state index in [-0.39, 0.29) is 17.5 Å². The number of carbonyl (C=O) groups excluding carboxylic acids is 2. The summed E-state index contributed by atoms with van der Waals surface area (Å²) in [5, 5.41) is 3.56. The van der Waals surface area contributed by atoms with E-state index in [0.717, 1.165) is 12.0 Å². The molecule has 1 amide bonds. The second-order valence-corrected chi connectivity index (χ2v) is 8.57. The van der Waals surface area contributed by atoms with Crippen molar-refractivity contribution in [2.45, 2.75) is 45.6 Å². The minimum Gasteiger partial charge on any atom is -0.493 e. The predicted molar refractivity (Wildman–Crippen MR) is 125 cm³/mol. The highest BCUT2D eigenvalue weighted by Crippen LogP contribution is 2.41. The van der Waals surface area contributed by atoms with Crippen LogP contribution >= 0.6 is 0 Å². The van der Waals surface area contributed by atoms with Crippen molar-refractivity contribution in [3.05, 3.63) is 52.8 Å². The molecule has 33 heavy (non-hydrogen) atoms. The van der Waals surface area contributed by atoms with Gasteiger partial charge in [0, 0.05) is 17.5 Å². The average Bonchev–Trinajstić information content (AvgIpc) is 3.15. The highest BCUT2D eigenvalue weighted by atomic mass is 16.5. The summed E-state index contributed by atoms with van der Waals surface area (Å²) in [5.74, 6) is 1.75. The number of benzene rings is 2. The van der Waals surface area contributed by atoms with Gasteiger partial charge < -0.3 is 23.9 Å². The summed E-state index contributed by atoms with van der Waals surface area (Å²) in [6.07, 6.45) is 1.64. The molecule has 0 aliphatic carbocycles. The fourth-order valence-electron chi connectivity index (χ4n) is 4.26. The van der Waals surface area contributed by atoms with Crippen LogP contribution in [0, 0.1) is 6.92 Å². The van der Waals surface area contributed by atoms with Gasteiger partial charge >= 0.3 is 0 Å². The number of rotatable bonds is 7. The number of carbonyl (C=O) groups is 2. The third-order valence-electron chi connectivity index (χ3n) is 6.33. The number of amides is 1. The van der Waals surface area contributed by atoms with Gasteiger partial charge in [-0.2, -0.15) is 0 Å². The Labute approximate surface area is 193 Å². The van der Waals surface area contributed by atoms with Crippen molar-refractivity contribution in [2.24, 2.45) is 0 Å². The lowest BCUT2D eigenvalue weighted by atomic mass is 9.87. The molecule has 0 fully saturated rings. The Morgan fingerprint density at radius 1 is 1.15 bits per heavy atom. The molecule has 0 saturated heterocycles. The van der Waals surface area contributed by atoms with Gasteiger partial charge in [0.25, 0.3) is 5.91 Å². The molecule has 0 spiro atoms. The van der Waals surface area contributed by atoms with Crippen molar-refractivity contribution in [1.29, 1.82) is 0 Å². The molecule has 1 atom stereocenters. The van der Waals surface area contributed by atoms with Crippen LogP contribution in [0.5, 0.6) is 17.2 Å². The number of nitrogens with one attached hydrogen (secondary N) is 1. The summed E-state index contributed by atoms with van der Waals surface area (Å²) in [5.41, 5.74) is 2.14. The van der Waals surface area contributed by atoms with Crippen LogP contribution in [0.25, 0.3) is 11.0 Å². The lowest BCUT2D eigenvalue weighted by Crippen LogP contribution is -2.38. The molecule has 3 aromatic rings. The monoisotopic (exact) mass is 451 g/mol. The first kappa shape index (κ1) is 22.7. The molecule has 7 nitrogen and oxygen atoms in total. The summed E-state index contributed by atoms with van der Waals surface area (Å²) < 4.78 is 22.6. The Balaban J connectivity index is 1.53. The van der Waals surface area contributed by atoms with Gasteiger partial charge in [-0.15, -0.1) is 0 Å². The molecule has 0 radical (unpaired) electrons. The van der Waals surface area contributed by atoms with Crippen LogP contribution in [-0.2, 0) is 6.42 Å². The Kier molecular flexibility index (Phi) is 6.06. The molecule has 7 heteroatoms. The Morgan fingerprint density at radius 3 is 2.61 bits per heavy atom. The van der Waals surface area contributed by atoms with Gasteiger partial charge in [-0.1, -0.05) is 13.0 Å². The van der Waals surface area contributed by atoms with Gasteiger partial charge in [-0.05, 0) is 56.5 Å². The molecular weight excluding hydrogens is 422 g/mol. The number of hydrogen-bond donors (Lipinski definition) is 1. The highest BCUT2D eigenvalue weighted by molar-refractivity contribution is 6.13. The van der Waals surface area contributed by atoms with E-state index in [2.05, 4.69) is 5.32 Å². The van der Waals surface area contributed by atoms with Crippen molar-refractivity contribution < 1.29 is 28.2 Å². The zero-order chi connectivity index (χ0) is 23.8. The highest BCUT2D eigenvalue weighted by Gasteiger charge is 2.37. The quantitative estimate of drug-likeness (QED) is 0.552. The van der Waals surface area contributed by atoms with Crippen LogP contribution in [0.2, 0.25) is 0 Å². The van der Waals surface area contributed by atoms with Crippen molar-refractivity contribution in [2.75, 3.05) is 20.8 Å². The van der Waals surface area contributed by atoms with Crippen LogP contribution in [0.1, 0.15) is 58.7 Å². The van der Waals surface area contributed by atoms with Crippen LogP contribution in [-0.4, -0.2) is 38.1 Å². The average molecular weight is 452 g/mol. The minimum absolute atomic E-state index is 0.00973. The lowest BCUT2D eigenvalue weighted by molar-refractivity contribution is 0.0503. The molecule has 2 aromatic carbocycles. The molecule has 1 aromatic heterocycles. The molecular formula is C26H29NO6. The Bertz CT molecular complexity index is 1230. The largest absolute Gasteiger partial charge is 0.493 e. The van der Waals surface area contributed by atoms with Crippen molar-refractivity contribution >= 4 is 22.7 Å². The van der Waals surface area contributed by atoms with E-state index in [1.165, 1.54) is 0 Å². The van der Waals surface area contributed by atoms with E-state index >= 15 is 0 Å². The maximum absolute atomic E-state index is 13.0.